The summed E-state index contributed by atoms with van der Waals surface area (Å²) in [6, 6.07) is 0. The fraction of sp³-hybridized carbons (Fsp3) is 0.444. The molecular formula is C9H11F5N2. The molecule has 0 saturated heterocycles. The number of allylic oxidation sites excluding steroid dienone is 3. The second kappa shape index (κ2) is 4.63. The predicted octanol–water partition coefficient (Wildman–Crippen LogP) is 2.67. The lowest BCUT2D eigenvalue weighted by Gasteiger charge is -2.14. The van der Waals surface area contributed by atoms with E-state index in [4.69, 9.17) is 0 Å². The Labute approximate surface area is 89.3 Å². The highest BCUT2D eigenvalue weighted by Gasteiger charge is 2.34. The van der Waals surface area contributed by atoms with E-state index in [2.05, 4.69) is 17.3 Å². The summed E-state index contributed by atoms with van der Waals surface area (Å²) in [5, 5.41) is 0. The van der Waals surface area contributed by atoms with Crippen LogP contribution in [-0.2, 0) is 0 Å². The molecule has 0 heterocycles. The molecule has 2 N–H and O–H groups in total. The molecule has 0 atom stereocenters. The Morgan fingerprint density at radius 1 is 1.25 bits per heavy atom. The van der Waals surface area contributed by atoms with E-state index < -0.39 is 29.1 Å². The number of aliphatic imine (C=N–C) groups is 1. The van der Waals surface area contributed by atoms with E-state index in [-0.39, 0.29) is 0 Å². The maximum Gasteiger partial charge on any atom is 0.430 e. The van der Waals surface area contributed by atoms with Gasteiger partial charge in [-0.3, -0.25) is 4.99 Å². The van der Waals surface area contributed by atoms with E-state index in [0.717, 1.165) is 7.05 Å². The highest BCUT2D eigenvalue weighted by Crippen LogP contribution is 2.26. The second-order valence-electron chi connectivity index (χ2n) is 3.07. The van der Waals surface area contributed by atoms with Crippen molar-refractivity contribution in [3.63, 3.8) is 0 Å². The van der Waals surface area contributed by atoms with Crippen molar-refractivity contribution in [1.82, 2.24) is 0 Å². The average molecular weight is 242 g/mol. The Balaban J connectivity index is 5.17. The van der Waals surface area contributed by atoms with E-state index in [1.165, 1.54) is 0 Å². The highest BCUT2D eigenvalue weighted by atomic mass is 19.4. The zero-order chi connectivity index (χ0) is 13.1. The number of halogens is 5. The van der Waals surface area contributed by atoms with Crippen LogP contribution in [0.2, 0.25) is 0 Å². The molecule has 0 bridgehead atoms. The highest BCUT2D eigenvalue weighted by molar-refractivity contribution is 6.09. The monoisotopic (exact) mass is 242 g/mol. The molecule has 0 saturated carbocycles. The SMILES string of the molecule is C=C(C(C=C(N)C(F)(F)F)=NC)C(C)(F)F. The summed E-state index contributed by atoms with van der Waals surface area (Å²) in [6.45, 7) is 3.50. The van der Waals surface area contributed by atoms with Crippen molar-refractivity contribution >= 4 is 5.71 Å². The van der Waals surface area contributed by atoms with Gasteiger partial charge in [0, 0.05) is 19.5 Å². The number of alkyl halides is 5. The van der Waals surface area contributed by atoms with E-state index in [9.17, 15) is 22.0 Å². The average Bonchev–Trinajstić information content (AvgIpc) is 2.09. The third-order valence-electron chi connectivity index (χ3n) is 1.70. The zero-order valence-electron chi connectivity index (χ0n) is 8.70. The fourth-order valence-electron chi connectivity index (χ4n) is 0.741. The van der Waals surface area contributed by atoms with Gasteiger partial charge in [-0.25, -0.2) is 8.78 Å². The van der Waals surface area contributed by atoms with Crippen LogP contribution >= 0.6 is 0 Å². The van der Waals surface area contributed by atoms with Gasteiger partial charge in [-0.1, -0.05) is 6.58 Å². The van der Waals surface area contributed by atoms with Crippen LogP contribution in [-0.4, -0.2) is 24.9 Å². The summed E-state index contributed by atoms with van der Waals surface area (Å²) in [6.07, 6.45) is -4.45. The Morgan fingerprint density at radius 2 is 1.69 bits per heavy atom. The lowest BCUT2D eigenvalue weighted by atomic mass is 10.1. The number of nitrogens with zero attached hydrogens (tertiary/aromatic N) is 1. The van der Waals surface area contributed by atoms with Crippen LogP contribution in [0.15, 0.2) is 28.9 Å². The van der Waals surface area contributed by atoms with Crippen molar-refractivity contribution in [2.24, 2.45) is 10.7 Å². The molecular weight excluding hydrogens is 231 g/mol. The first kappa shape index (κ1) is 14.6. The molecule has 7 heteroatoms. The molecule has 0 unspecified atom stereocenters. The molecule has 16 heavy (non-hydrogen) atoms. The third kappa shape index (κ3) is 4.00. The second-order valence-corrected chi connectivity index (χ2v) is 3.07. The van der Waals surface area contributed by atoms with Crippen LogP contribution in [0.5, 0.6) is 0 Å². The standard InChI is InChI=1S/C9H11F5N2/c1-5(8(2,10)11)6(16-3)4-7(15)9(12,13)14/h4H,1,15H2,2-3H3. The summed E-state index contributed by atoms with van der Waals surface area (Å²) in [7, 11) is 1.08. The predicted molar refractivity (Wildman–Crippen MR) is 51.4 cm³/mol. The van der Waals surface area contributed by atoms with Gasteiger partial charge in [0.1, 0.15) is 5.70 Å². The van der Waals surface area contributed by atoms with Crippen LogP contribution in [0.1, 0.15) is 6.92 Å². The van der Waals surface area contributed by atoms with Crippen molar-refractivity contribution in [2.45, 2.75) is 19.0 Å². The molecule has 0 aliphatic rings. The van der Waals surface area contributed by atoms with Crippen LogP contribution in [0.3, 0.4) is 0 Å². The first-order chi connectivity index (χ1) is 7.00. The molecule has 2 nitrogen and oxygen atoms in total. The van der Waals surface area contributed by atoms with Gasteiger partial charge in [0.15, 0.2) is 0 Å². The minimum absolute atomic E-state index is 0.333. The molecule has 0 rings (SSSR count). The lowest BCUT2D eigenvalue weighted by molar-refractivity contribution is -0.0925. The van der Waals surface area contributed by atoms with Crippen molar-refractivity contribution in [3.8, 4) is 0 Å². The molecule has 0 fully saturated rings. The van der Waals surface area contributed by atoms with Crippen LogP contribution in [0.25, 0.3) is 0 Å². The summed E-state index contributed by atoms with van der Waals surface area (Å²) in [5.74, 6) is -3.35. The Kier molecular flexibility index (Phi) is 4.22. The van der Waals surface area contributed by atoms with Gasteiger partial charge >= 0.3 is 6.18 Å². The molecule has 0 aromatic rings. The molecule has 0 amide bonds. The maximum atomic E-state index is 12.8. The number of hydrogen-bond donors (Lipinski definition) is 1. The topological polar surface area (TPSA) is 38.4 Å². The molecule has 0 aromatic carbocycles. The van der Waals surface area contributed by atoms with Gasteiger partial charge < -0.3 is 5.73 Å². The number of rotatable bonds is 3. The van der Waals surface area contributed by atoms with Gasteiger partial charge in [-0.15, -0.1) is 0 Å². The number of hydrogen-bond acceptors (Lipinski definition) is 2. The molecule has 0 radical (unpaired) electrons. The normalized spacial score (nSPS) is 15.2. The summed E-state index contributed by atoms with van der Waals surface area (Å²) < 4.78 is 61.7. The van der Waals surface area contributed by atoms with Crippen molar-refractivity contribution in [2.75, 3.05) is 7.05 Å². The quantitative estimate of drug-likeness (QED) is 0.599. The van der Waals surface area contributed by atoms with E-state index in [0.29, 0.717) is 13.0 Å². The minimum atomic E-state index is -4.78. The molecule has 0 aliphatic carbocycles. The maximum absolute atomic E-state index is 12.8. The van der Waals surface area contributed by atoms with Crippen LogP contribution in [0, 0.1) is 0 Å². The lowest BCUT2D eigenvalue weighted by Crippen LogP contribution is -2.24. The Hall–Kier alpha value is -1.40. The Bertz CT molecular complexity index is 333. The largest absolute Gasteiger partial charge is 0.430 e. The van der Waals surface area contributed by atoms with Gasteiger partial charge in [0.25, 0.3) is 5.92 Å². The van der Waals surface area contributed by atoms with E-state index >= 15 is 0 Å². The summed E-state index contributed by atoms with van der Waals surface area (Å²) in [5.41, 5.74) is 1.78. The number of nitrogens with two attached hydrogens (primary N) is 1. The molecule has 0 aromatic heterocycles. The van der Waals surface area contributed by atoms with Crippen molar-refractivity contribution in [3.05, 3.63) is 23.9 Å². The van der Waals surface area contributed by atoms with E-state index in [1.807, 2.05) is 0 Å². The van der Waals surface area contributed by atoms with Gasteiger partial charge in [-0.05, 0) is 6.08 Å². The summed E-state index contributed by atoms with van der Waals surface area (Å²) in [4.78, 5) is 3.29. The first-order valence-corrected chi connectivity index (χ1v) is 4.09. The Morgan fingerprint density at radius 3 is 1.94 bits per heavy atom. The molecule has 92 valence electrons. The third-order valence-corrected chi connectivity index (χ3v) is 1.70. The van der Waals surface area contributed by atoms with Crippen LogP contribution in [0.4, 0.5) is 22.0 Å². The van der Waals surface area contributed by atoms with Gasteiger partial charge in [0.05, 0.1) is 5.71 Å². The smallest absolute Gasteiger partial charge is 0.395 e. The zero-order valence-corrected chi connectivity index (χ0v) is 8.70. The van der Waals surface area contributed by atoms with Gasteiger partial charge in [0.2, 0.25) is 0 Å². The molecule has 0 aliphatic heterocycles. The minimum Gasteiger partial charge on any atom is -0.395 e. The first-order valence-electron chi connectivity index (χ1n) is 4.09. The molecule has 0 spiro atoms. The fourth-order valence-corrected chi connectivity index (χ4v) is 0.741. The van der Waals surface area contributed by atoms with Crippen molar-refractivity contribution in [1.29, 1.82) is 0 Å². The summed E-state index contributed by atoms with van der Waals surface area (Å²) >= 11 is 0. The van der Waals surface area contributed by atoms with E-state index in [1.54, 1.807) is 0 Å². The van der Waals surface area contributed by atoms with Crippen LogP contribution < -0.4 is 5.73 Å². The van der Waals surface area contributed by atoms with Gasteiger partial charge in [-0.2, -0.15) is 13.2 Å². The van der Waals surface area contributed by atoms with Crippen molar-refractivity contribution < 1.29 is 22.0 Å².